The second-order valence-electron chi connectivity index (χ2n) is 5.96. The molecule has 0 aliphatic carbocycles. The highest BCUT2D eigenvalue weighted by atomic mass is 16.5. The van der Waals surface area contributed by atoms with Crippen molar-refractivity contribution in [3.63, 3.8) is 0 Å². The third-order valence-corrected chi connectivity index (χ3v) is 3.96. The summed E-state index contributed by atoms with van der Waals surface area (Å²) < 4.78 is 11.7. The zero-order valence-corrected chi connectivity index (χ0v) is 14.2. The van der Waals surface area contributed by atoms with Crippen LogP contribution in [-0.2, 0) is 13.2 Å². The standard InChI is InChI=1S/C22H22O2/c1-17-8-9-20(18(2)14-17)16-24-22-12-10-21(11-13-22)23-15-19-6-4-3-5-7-19/h3-14H,15-16H2,1-2H3. The van der Waals surface area contributed by atoms with E-state index < -0.39 is 0 Å². The minimum absolute atomic E-state index is 0.573. The minimum atomic E-state index is 0.573. The van der Waals surface area contributed by atoms with E-state index in [0.717, 1.165) is 17.1 Å². The Morgan fingerprint density at radius 1 is 0.667 bits per heavy atom. The SMILES string of the molecule is Cc1ccc(COc2ccc(OCc3ccccc3)cc2)c(C)c1. The van der Waals surface area contributed by atoms with Gasteiger partial charge in [0.05, 0.1) is 0 Å². The average Bonchev–Trinajstić information content (AvgIpc) is 2.61. The Morgan fingerprint density at radius 2 is 1.29 bits per heavy atom. The van der Waals surface area contributed by atoms with Gasteiger partial charge in [-0.25, -0.2) is 0 Å². The molecule has 0 spiro atoms. The molecule has 2 heteroatoms. The second-order valence-corrected chi connectivity index (χ2v) is 5.96. The molecular formula is C22H22O2. The van der Waals surface area contributed by atoms with E-state index in [1.54, 1.807) is 0 Å². The van der Waals surface area contributed by atoms with Crippen LogP contribution in [0.2, 0.25) is 0 Å². The van der Waals surface area contributed by atoms with Gasteiger partial charge in [0, 0.05) is 0 Å². The van der Waals surface area contributed by atoms with Crippen LogP contribution in [0, 0.1) is 13.8 Å². The number of aryl methyl sites for hydroxylation is 2. The molecule has 0 N–H and O–H groups in total. The van der Waals surface area contributed by atoms with Crippen LogP contribution in [0.4, 0.5) is 0 Å². The topological polar surface area (TPSA) is 18.5 Å². The summed E-state index contributed by atoms with van der Waals surface area (Å²) in [6.07, 6.45) is 0. The smallest absolute Gasteiger partial charge is 0.120 e. The maximum absolute atomic E-state index is 5.87. The quantitative estimate of drug-likeness (QED) is 0.600. The van der Waals surface area contributed by atoms with Gasteiger partial charge in [-0.2, -0.15) is 0 Å². The summed E-state index contributed by atoms with van der Waals surface area (Å²) in [6, 6.07) is 24.4. The summed E-state index contributed by atoms with van der Waals surface area (Å²) >= 11 is 0. The van der Waals surface area contributed by atoms with E-state index in [-0.39, 0.29) is 0 Å². The molecule has 0 amide bonds. The second kappa shape index (κ2) is 7.69. The van der Waals surface area contributed by atoms with Crippen molar-refractivity contribution in [2.24, 2.45) is 0 Å². The van der Waals surface area contributed by atoms with Crippen LogP contribution in [0.1, 0.15) is 22.3 Å². The Labute approximate surface area is 143 Å². The number of benzene rings is 3. The first-order valence-corrected chi connectivity index (χ1v) is 8.16. The predicted octanol–water partition coefficient (Wildman–Crippen LogP) is 5.46. The van der Waals surface area contributed by atoms with Gasteiger partial charge in [0.2, 0.25) is 0 Å². The van der Waals surface area contributed by atoms with Crippen molar-refractivity contribution in [1.29, 1.82) is 0 Å². The first-order valence-electron chi connectivity index (χ1n) is 8.16. The molecular weight excluding hydrogens is 296 g/mol. The molecule has 0 aromatic heterocycles. The molecule has 3 rings (SSSR count). The zero-order valence-electron chi connectivity index (χ0n) is 14.2. The number of ether oxygens (including phenoxy) is 2. The lowest BCUT2D eigenvalue weighted by molar-refractivity contribution is 0.297. The molecule has 0 bridgehead atoms. The predicted molar refractivity (Wildman–Crippen MR) is 97.5 cm³/mol. The van der Waals surface area contributed by atoms with E-state index in [2.05, 4.69) is 44.2 Å². The van der Waals surface area contributed by atoms with Gasteiger partial charge in [0.1, 0.15) is 24.7 Å². The molecule has 0 saturated heterocycles. The van der Waals surface area contributed by atoms with E-state index in [1.165, 1.54) is 16.7 Å². The van der Waals surface area contributed by atoms with Crippen LogP contribution in [0.5, 0.6) is 11.5 Å². The average molecular weight is 318 g/mol. The highest BCUT2D eigenvalue weighted by Gasteiger charge is 2.01. The van der Waals surface area contributed by atoms with Crippen molar-refractivity contribution in [2.45, 2.75) is 27.1 Å². The monoisotopic (exact) mass is 318 g/mol. The zero-order chi connectivity index (χ0) is 16.8. The highest BCUT2D eigenvalue weighted by molar-refractivity contribution is 5.33. The Kier molecular flexibility index (Phi) is 5.17. The van der Waals surface area contributed by atoms with Gasteiger partial charge in [0.25, 0.3) is 0 Å². The van der Waals surface area contributed by atoms with Crippen molar-refractivity contribution in [3.8, 4) is 11.5 Å². The van der Waals surface area contributed by atoms with Gasteiger partial charge >= 0.3 is 0 Å². The molecule has 0 aliphatic heterocycles. The number of hydrogen-bond acceptors (Lipinski definition) is 2. The van der Waals surface area contributed by atoms with E-state index in [1.807, 2.05) is 42.5 Å². The van der Waals surface area contributed by atoms with Gasteiger partial charge < -0.3 is 9.47 Å². The summed E-state index contributed by atoms with van der Waals surface area (Å²) in [7, 11) is 0. The summed E-state index contributed by atoms with van der Waals surface area (Å²) in [5, 5.41) is 0. The van der Waals surface area contributed by atoms with Crippen molar-refractivity contribution in [1.82, 2.24) is 0 Å². The van der Waals surface area contributed by atoms with Crippen LogP contribution in [-0.4, -0.2) is 0 Å². The van der Waals surface area contributed by atoms with Gasteiger partial charge in [-0.15, -0.1) is 0 Å². The number of rotatable bonds is 6. The summed E-state index contributed by atoms with van der Waals surface area (Å²) in [5.41, 5.74) is 4.91. The van der Waals surface area contributed by atoms with E-state index in [0.29, 0.717) is 13.2 Å². The molecule has 0 aliphatic rings. The Bertz CT molecular complexity index is 777. The van der Waals surface area contributed by atoms with Crippen molar-refractivity contribution < 1.29 is 9.47 Å². The Hall–Kier alpha value is -2.74. The normalized spacial score (nSPS) is 10.4. The van der Waals surface area contributed by atoms with Gasteiger partial charge in [-0.1, -0.05) is 54.1 Å². The lowest BCUT2D eigenvalue weighted by Gasteiger charge is -2.11. The van der Waals surface area contributed by atoms with Crippen molar-refractivity contribution >= 4 is 0 Å². The lowest BCUT2D eigenvalue weighted by atomic mass is 10.1. The van der Waals surface area contributed by atoms with Crippen LogP contribution >= 0.6 is 0 Å². The minimum Gasteiger partial charge on any atom is -0.489 e. The van der Waals surface area contributed by atoms with Crippen LogP contribution < -0.4 is 9.47 Å². The molecule has 0 saturated carbocycles. The van der Waals surface area contributed by atoms with Gasteiger partial charge in [-0.05, 0) is 54.8 Å². The lowest BCUT2D eigenvalue weighted by Crippen LogP contribution is -1.98. The molecule has 0 unspecified atom stereocenters. The highest BCUT2D eigenvalue weighted by Crippen LogP contribution is 2.20. The first-order chi connectivity index (χ1) is 11.7. The maximum atomic E-state index is 5.87. The fourth-order valence-electron chi connectivity index (χ4n) is 2.54. The largest absolute Gasteiger partial charge is 0.489 e. The fourth-order valence-corrected chi connectivity index (χ4v) is 2.54. The molecule has 122 valence electrons. The van der Waals surface area contributed by atoms with Crippen LogP contribution in [0.25, 0.3) is 0 Å². The molecule has 2 nitrogen and oxygen atoms in total. The third kappa shape index (κ3) is 4.39. The number of hydrogen-bond donors (Lipinski definition) is 0. The molecule has 0 heterocycles. The van der Waals surface area contributed by atoms with Gasteiger partial charge in [0.15, 0.2) is 0 Å². The van der Waals surface area contributed by atoms with Gasteiger partial charge in [-0.3, -0.25) is 0 Å². The van der Waals surface area contributed by atoms with E-state index >= 15 is 0 Å². The summed E-state index contributed by atoms with van der Waals surface area (Å²) in [4.78, 5) is 0. The van der Waals surface area contributed by atoms with Crippen LogP contribution in [0.15, 0.2) is 72.8 Å². The molecule has 3 aromatic carbocycles. The molecule has 0 atom stereocenters. The Morgan fingerprint density at radius 3 is 1.92 bits per heavy atom. The molecule has 3 aromatic rings. The summed E-state index contributed by atoms with van der Waals surface area (Å²) in [6.45, 7) is 5.37. The van der Waals surface area contributed by atoms with Crippen molar-refractivity contribution in [3.05, 3.63) is 95.1 Å². The first kappa shape index (κ1) is 16.1. The van der Waals surface area contributed by atoms with Crippen LogP contribution in [0.3, 0.4) is 0 Å². The molecule has 24 heavy (non-hydrogen) atoms. The third-order valence-electron chi connectivity index (χ3n) is 3.96. The summed E-state index contributed by atoms with van der Waals surface area (Å²) in [5.74, 6) is 1.69. The van der Waals surface area contributed by atoms with E-state index in [4.69, 9.17) is 9.47 Å². The Balaban J connectivity index is 1.54. The van der Waals surface area contributed by atoms with E-state index in [9.17, 15) is 0 Å². The molecule has 0 radical (unpaired) electrons. The molecule has 0 fully saturated rings. The van der Waals surface area contributed by atoms with Crippen molar-refractivity contribution in [2.75, 3.05) is 0 Å². The fraction of sp³-hybridized carbons (Fsp3) is 0.182. The maximum Gasteiger partial charge on any atom is 0.120 e.